The topological polar surface area (TPSA) is 55.8 Å². The highest BCUT2D eigenvalue weighted by Gasteiger charge is 2.36. The Morgan fingerprint density at radius 1 is 1.12 bits per heavy atom. The molecule has 3 rings (SSSR count). The summed E-state index contributed by atoms with van der Waals surface area (Å²) in [5, 5.41) is 0. The van der Waals surface area contributed by atoms with Crippen LogP contribution in [-0.2, 0) is 9.59 Å². The molecule has 1 atom stereocenters. The van der Waals surface area contributed by atoms with Crippen molar-refractivity contribution in [3.05, 3.63) is 53.6 Å². The Kier molecular flexibility index (Phi) is 4.74. The fourth-order valence-corrected chi connectivity index (χ4v) is 3.04. The number of carbonyl (C=O) groups excluding carboxylic acids is 2. The summed E-state index contributed by atoms with van der Waals surface area (Å²) in [5.41, 5.74) is 2.54. The van der Waals surface area contributed by atoms with E-state index >= 15 is 0 Å². The minimum atomic E-state index is -0.474. The van der Waals surface area contributed by atoms with Gasteiger partial charge in [0.15, 0.2) is 0 Å². The Hall–Kier alpha value is -2.82. The lowest BCUT2D eigenvalue weighted by Gasteiger charge is -2.17. The van der Waals surface area contributed by atoms with Gasteiger partial charge in [-0.05, 0) is 37.1 Å². The molecule has 0 bridgehead atoms. The lowest BCUT2D eigenvalue weighted by molar-refractivity contribution is -0.139. The van der Waals surface area contributed by atoms with Crippen molar-refractivity contribution in [2.24, 2.45) is 5.92 Å². The lowest BCUT2D eigenvalue weighted by Crippen LogP contribution is -2.27. The van der Waals surface area contributed by atoms with Crippen LogP contribution in [0.3, 0.4) is 0 Å². The average molecular weight is 339 g/mol. The number of amides is 1. The molecule has 5 nitrogen and oxygen atoms in total. The van der Waals surface area contributed by atoms with Crippen molar-refractivity contribution >= 4 is 17.6 Å². The van der Waals surface area contributed by atoms with Gasteiger partial charge in [0.1, 0.15) is 11.5 Å². The molecule has 5 heteroatoms. The van der Waals surface area contributed by atoms with E-state index in [0.29, 0.717) is 18.0 Å². The number of hydrogen-bond acceptors (Lipinski definition) is 4. The molecule has 2 aromatic rings. The van der Waals surface area contributed by atoms with E-state index in [1.807, 2.05) is 50.2 Å². The normalized spacial score (nSPS) is 16.8. The first kappa shape index (κ1) is 17.0. The molecule has 0 aromatic heterocycles. The number of esters is 1. The number of hydrogen-bond donors (Lipinski definition) is 0. The number of anilines is 1. The summed E-state index contributed by atoms with van der Waals surface area (Å²) >= 11 is 0. The van der Waals surface area contributed by atoms with Crippen LogP contribution in [0.2, 0.25) is 0 Å². The molecule has 0 unspecified atom stereocenters. The monoisotopic (exact) mass is 339 g/mol. The van der Waals surface area contributed by atoms with Crippen LogP contribution in [0.4, 0.5) is 5.69 Å². The molecule has 1 aliphatic heterocycles. The number of benzene rings is 2. The largest absolute Gasteiger partial charge is 0.497 e. The van der Waals surface area contributed by atoms with E-state index in [-0.39, 0.29) is 18.3 Å². The molecule has 25 heavy (non-hydrogen) atoms. The maximum Gasteiger partial charge on any atom is 0.316 e. The fraction of sp³-hybridized carbons (Fsp3) is 0.300. The van der Waals surface area contributed by atoms with E-state index in [0.717, 1.165) is 16.8 Å². The van der Waals surface area contributed by atoms with Gasteiger partial charge in [-0.2, -0.15) is 0 Å². The Bertz CT molecular complexity index is 795. The maximum absolute atomic E-state index is 12.5. The van der Waals surface area contributed by atoms with Crippen molar-refractivity contribution in [1.29, 1.82) is 0 Å². The van der Waals surface area contributed by atoms with E-state index in [4.69, 9.17) is 9.47 Å². The van der Waals surface area contributed by atoms with Crippen LogP contribution >= 0.6 is 0 Å². The Labute approximate surface area is 147 Å². The van der Waals surface area contributed by atoms with Gasteiger partial charge < -0.3 is 14.4 Å². The number of methoxy groups -OCH3 is 1. The predicted molar refractivity (Wildman–Crippen MR) is 95.0 cm³/mol. The second kappa shape index (κ2) is 6.97. The van der Waals surface area contributed by atoms with Crippen molar-refractivity contribution in [2.75, 3.05) is 18.6 Å². The molecule has 0 spiro atoms. The number of ether oxygens (including phenoxy) is 2. The van der Waals surface area contributed by atoms with Gasteiger partial charge in [-0.3, -0.25) is 9.59 Å². The van der Waals surface area contributed by atoms with Crippen LogP contribution in [-0.4, -0.2) is 25.5 Å². The summed E-state index contributed by atoms with van der Waals surface area (Å²) in [5.74, 6) is 0.331. The quantitative estimate of drug-likeness (QED) is 0.634. The summed E-state index contributed by atoms with van der Waals surface area (Å²) in [6.07, 6.45) is 0.154. The highest BCUT2D eigenvalue weighted by atomic mass is 16.5. The Balaban J connectivity index is 1.74. The predicted octanol–water partition coefficient (Wildman–Crippen LogP) is 3.27. The third-order valence-electron chi connectivity index (χ3n) is 4.43. The first-order valence-electron chi connectivity index (χ1n) is 8.22. The zero-order chi connectivity index (χ0) is 18.0. The van der Waals surface area contributed by atoms with Gasteiger partial charge in [-0.15, -0.1) is 0 Å². The molecule has 0 aliphatic carbocycles. The number of aryl methyl sites for hydroxylation is 2. The molecular formula is C20H21NO4. The summed E-state index contributed by atoms with van der Waals surface area (Å²) in [6, 6.07) is 13.0. The van der Waals surface area contributed by atoms with Crippen LogP contribution in [0.15, 0.2) is 42.5 Å². The number of nitrogens with zero attached hydrogens (tertiary/aromatic N) is 1. The van der Waals surface area contributed by atoms with Gasteiger partial charge in [0.2, 0.25) is 5.91 Å². The lowest BCUT2D eigenvalue weighted by atomic mass is 10.1. The third-order valence-corrected chi connectivity index (χ3v) is 4.43. The van der Waals surface area contributed by atoms with Gasteiger partial charge in [0.25, 0.3) is 0 Å². The molecule has 2 aromatic carbocycles. The third kappa shape index (κ3) is 3.50. The highest BCUT2D eigenvalue weighted by molar-refractivity contribution is 5.99. The van der Waals surface area contributed by atoms with E-state index in [2.05, 4.69) is 0 Å². The van der Waals surface area contributed by atoms with E-state index in [9.17, 15) is 9.59 Å². The van der Waals surface area contributed by atoms with Crippen molar-refractivity contribution in [3.63, 3.8) is 0 Å². The number of rotatable bonds is 4. The number of para-hydroxylation sites is 1. The zero-order valence-corrected chi connectivity index (χ0v) is 14.6. The van der Waals surface area contributed by atoms with Crippen molar-refractivity contribution in [2.45, 2.75) is 20.3 Å². The molecule has 1 amide bonds. The fourth-order valence-electron chi connectivity index (χ4n) is 3.04. The van der Waals surface area contributed by atoms with Gasteiger partial charge in [0, 0.05) is 24.7 Å². The average Bonchev–Trinajstić information content (AvgIpc) is 3.00. The molecule has 1 aliphatic rings. The van der Waals surface area contributed by atoms with Crippen LogP contribution in [0.25, 0.3) is 0 Å². The Morgan fingerprint density at radius 3 is 2.48 bits per heavy atom. The van der Waals surface area contributed by atoms with Gasteiger partial charge in [-0.25, -0.2) is 0 Å². The molecule has 1 heterocycles. The van der Waals surface area contributed by atoms with E-state index < -0.39 is 5.92 Å². The molecule has 1 saturated heterocycles. The van der Waals surface area contributed by atoms with Crippen LogP contribution in [0, 0.1) is 19.8 Å². The van der Waals surface area contributed by atoms with Crippen LogP contribution < -0.4 is 14.4 Å². The Morgan fingerprint density at radius 2 is 1.80 bits per heavy atom. The molecule has 130 valence electrons. The maximum atomic E-state index is 12.5. The van der Waals surface area contributed by atoms with Crippen molar-refractivity contribution < 1.29 is 19.1 Å². The van der Waals surface area contributed by atoms with Crippen molar-refractivity contribution in [3.8, 4) is 11.5 Å². The summed E-state index contributed by atoms with van der Waals surface area (Å²) in [6.45, 7) is 4.12. The molecule has 0 radical (unpaired) electrons. The SMILES string of the molecule is COc1cccc(N2C[C@H](C(=O)Oc3c(C)cccc3C)CC2=O)c1. The second-order valence-corrected chi connectivity index (χ2v) is 6.25. The first-order chi connectivity index (χ1) is 12.0. The zero-order valence-electron chi connectivity index (χ0n) is 14.6. The summed E-state index contributed by atoms with van der Waals surface area (Å²) < 4.78 is 10.8. The molecular weight excluding hydrogens is 318 g/mol. The molecule has 1 fully saturated rings. The minimum Gasteiger partial charge on any atom is -0.497 e. The number of carbonyl (C=O) groups is 2. The summed E-state index contributed by atoms with van der Waals surface area (Å²) in [4.78, 5) is 26.5. The van der Waals surface area contributed by atoms with E-state index in [1.54, 1.807) is 18.1 Å². The van der Waals surface area contributed by atoms with Gasteiger partial charge in [-0.1, -0.05) is 24.3 Å². The minimum absolute atomic E-state index is 0.0864. The first-order valence-corrected chi connectivity index (χ1v) is 8.22. The second-order valence-electron chi connectivity index (χ2n) is 6.25. The van der Waals surface area contributed by atoms with Crippen molar-refractivity contribution in [1.82, 2.24) is 0 Å². The highest BCUT2D eigenvalue weighted by Crippen LogP contribution is 2.30. The smallest absolute Gasteiger partial charge is 0.316 e. The molecule has 0 N–H and O–H groups in total. The molecule has 0 saturated carbocycles. The van der Waals surface area contributed by atoms with Crippen LogP contribution in [0.1, 0.15) is 17.5 Å². The van der Waals surface area contributed by atoms with Gasteiger partial charge in [0.05, 0.1) is 13.0 Å². The summed E-state index contributed by atoms with van der Waals surface area (Å²) in [7, 11) is 1.58. The van der Waals surface area contributed by atoms with Gasteiger partial charge >= 0.3 is 5.97 Å². The van der Waals surface area contributed by atoms with Crippen LogP contribution in [0.5, 0.6) is 11.5 Å². The van der Waals surface area contributed by atoms with E-state index in [1.165, 1.54) is 0 Å². The standard InChI is InChI=1S/C20H21NO4/c1-13-6-4-7-14(2)19(13)25-20(23)15-10-18(22)21(12-15)16-8-5-9-17(11-16)24-3/h4-9,11,15H,10,12H2,1-3H3/t15-/m1/s1.